The van der Waals surface area contributed by atoms with E-state index in [4.69, 9.17) is 4.42 Å². The van der Waals surface area contributed by atoms with E-state index in [1.165, 1.54) is 0 Å². The summed E-state index contributed by atoms with van der Waals surface area (Å²) in [6.45, 7) is 1.26. The number of fused-ring (bicyclic) bond motifs is 1. The second-order valence-electron chi connectivity index (χ2n) is 6.64. The van der Waals surface area contributed by atoms with Gasteiger partial charge >= 0.3 is 6.03 Å². The third-order valence-electron chi connectivity index (χ3n) is 4.96. The number of para-hydroxylation sites is 2. The molecule has 2 aromatic rings. The Morgan fingerprint density at radius 3 is 2.73 bits per heavy atom. The van der Waals surface area contributed by atoms with Crippen molar-refractivity contribution in [2.24, 2.45) is 0 Å². The van der Waals surface area contributed by atoms with E-state index in [1.807, 2.05) is 24.3 Å². The van der Waals surface area contributed by atoms with Gasteiger partial charge in [-0.15, -0.1) is 0 Å². The molecular weight excluding hydrogens is 336 g/mol. The third-order valence-corrected chi connectivity index (χ3v) is 4.96. The zero-order chi connectivity index (χ0) is 18.1. The number of hydrogen-bond acceptors (Lipinski definition) is 5. The number of oxazole rings is 1. The number of likely N-dealkylation sites (tertiary alicyclic amines) is 1. The van der Waals surface area contributed by atoms with Crippen molar-refractivity contribution in [1.82, 2.24) is 20.1 Å². The fraction of sp³-hybridized carbons (Fsp3) is 0.444. The fourth-order valence-corrected chi connectivity index (χ4v) is 3.46. The Balaban J connectivity index is 1.36. The minimum atomic E-state index is -0.490. The second-order valence-corrected chi connectivity index (χ2v) is 6.64. The Morgan fingerprint density at radius 2 is 2.00 bits per heavy atom. The maximum Gasteiger partial charge on any atom is 0.324 e. The smallest absolute Gasteiger partial charge is 0.324 e. The van der Waals surface area contributed by atoms with Crippen LogP contribution in [0.15, 0.2) is 28.7 Å². The van der Waals surface area contributed by atoms with Crippen LogP contribution in [-0.2, 0) is 9.59 Å². The molecule has 2 fully saturated rings. The minimum absolute atomic E-state index is 0.173. The van der Waals surface area contributed by atoms with E-state index in [9.17, 15) is 14.4 Å². The molecule has 8 heteroatoms. The summed E-state index contributed by atoms with van der Waals surface area (Å²) in [5.74, 6) is 0.380. The standard InChI is InChI=1S/C18H20N4O4/c23-15-5-8-19-18(25)22(15)11-16(24)21-9-6-12(7-10-21)17-20-13-3-1-2-4-14(13)26-17/h1-4,12H,5-11H2,(H,19,25). The van der Waals surface area contributed by atoms with Crippen LogP contribution in [0.4, 0.5) is 4.79 Å². The van der Waals surface area contributed by atoms with Gasteiger partial charge in [0.05, 0.1) is 0 Å². The van der Waals surface area contributed by atoms with E-state index in [1.54, 1.807) is 4.90 Å². The molecule has 1 aromatic carbocycles. The van der Waals surface area contributed by atoms with Crippen molar-refractivity contribution in [2.75, 3.05) is 26.2 Å². The molecule has 2 saturated heterocycles. The molecule has 3 heterocycles. The van der Waals surface area contributed by atoms with E-state index >= 15 is 0 Å². The number of aromatic nitrogens is 1. The summed E-state index contributed by atoms with van der Waals surface area (Å²) in [4.78, 5) is 43.3. The van der Waals surface area contributed by atoms with E-state index in [0.29, 0.717) is 25.5 Å². The summed E-state index contributed by atoms with van der Waals surface area (Å²) in [6, 6.07) is 7.16. The van der Waals surface area contributed by atoms with Gasteiger partial charge in [0, 0.05) is 32.0 Å². The lowest BCUT2D eigenvalue weighted by Gasteiger charge is -2.33. The van der Waals surface area contributed by atoms with Gasteiger partial charge in [0.25, 0.3) is 0 Å². The van der Waals surface area contributed by atoms with E-state index in [-0.39, 0.29) is 30.7 Å². The molecule has 4 rings (SSSR count). The van der Waals surface area contributed by atoms with Crippen LogP contribution in [0.2, 0.25) is 0 Å². The molecule has 0 aliphatic carbocycles. The number of amides is 4. The van der Waals surface area contributed by atoms with Gasteiger partial charge in [-0.1, -0.05) is 12.1 Å². The molecule has 0 spiro atoms. The Hall–Kier alpha value is -2.90. The molecule has 0 saturated carbocycles. The first-order valence-electron chi connectivity index (χ1n) is 8.83. The number of piperidine rings is 1. The highest BCUT2D eigenvalue weighted by Gasteiger charge is 2.32. The van der Waals surface area contributed by atoms with Crippen molar-refractivity contribution < 1.29 is 18.8 Å². The molecule has 4 amide bonds. The van der Waals surface area contributed by atoms with E-state index in [2.05, 4.69) is 10.3 Å². The first kappa shape index (κ1) is 16.6. The number of nitrogens with zero attached hydrogens (tertiary/aromatic N) is 3. The fourth-order valence-electron chi connectivity index (χ4n) is 3.46. The highest BCUT2D eigenvalue weighted by molar-refractivity contribution is 6.00. The molecule has 8 nitrogen and oxygen atoms in total. The van der Waals surface area contributed by atoms with Crippen molar-refractivity contribution in [3.63, 3.8) is 0 Å². The van der Waals surface area contributed by atoms with Gasteiger partial charge in [-0.2, -0.15) is 0 Å². The highest BCUT2D eigenvalue weighted by Crippen LogP contribution is 2.30. The van der Waals surface area contributed by atoms with Gasteiger partial charge in [-0.3, -0.25) is 14.5 Å². The number of urea groups is 1. The molecule has 136 valence electrons. The molecule has 26 heavy (non-hydrogen) atoms. The van der Waals surface area contributed by atoms with E-state index < -0.39 is 6.03 Å². The van der Waals surface area contributed by atoms with Crippen LogP contribution in [-0.4, -0.2) is 58.8 Å². The Bertz CT molecular complexity index is 805. The molecule has 1 aromatic heterocycles. The molecule has 2 aliphatic rings. The van der Waals surface area contributed by atoms with Crippen molar-refractivity contribution in [3.8, 4) is 0 Å². The monoisotopic (exact) mass is 356 g/mol. The van der Waals surface area contributed by atoms with Crippen molar-refractivity contribution in [1.29, 1.82) is 0 Å². The molecule has 0 radical (unpaired) electrons. The van der Waals surface area contributed by atoms with Crippen LogP contribution in [0, 0.1) is 0 Å². The summed E-state index contributed by atoms with van der Waals surface area (Å²) < 4.78 is 5.83. The Labute approximate surface area is 150 Å². The first-order chi connectivity index (χ1) is 12.6. The molecule has 0 bridgehead atoms. The summed E-state index contributed by atoms with van der Waals surface area (Å²) in [5.41, 5.74) is 1.62. The van der Waals surface area contributed by atoms with Gasteiger partial charge in [-0.25, -0.2) is 9.78 Å². The lowest BCUT2D eigenvalue weighted by Crippen LogP contribution is -2.54. The maximum absolute atomic E-state index is 12.5. The van der Waals surface area contributed by atoms with Gasteiger partial charge in [0.1, 0.15) is 12.1 Å². The van der Waals surface area contributed by atoms with Crippen LogP contribution in [0.1, 0.15) is 31.1 Å². The van der Waals surface area contributed by atoms with Crippen molar-refractivity contribution >= 4 is 28.9 Å². The second kappa shape index (κ2) is 6.78. The number of carbonyl (C=O) groups is 3. The average Bonchev–Trinajstić information content (AvgIpc) is 3.09. The van der Waals surface area contributed by atoms with Gasteiger partial charge in [0.15, 0.2) is 11.5 Å². The van der Waals surface area contributed by atoms with Crippen molar-refractivity contribution in [2.45, 2.75) is 25.2 Å². The quantitative estimate of drug-likeness (QED) is 0.899. The largest absolute Gasteiger partial charge is 0.440 e. The number of nitrogens with one attached hydrogen (secondary N) is 1. The summed E-state index contributed by atoms with van der Waals surface area (Å²) in [7, 11) is 0. The molecule has 2 aliphatic heterocycles. The molecule has 1 N–H and O–H groups in total. The van der Waals surface area contributed by atoms with Crippen LogP contribution in [0.25, 0.3) is 11.1 Å². The average molecular weight is 356 g/mol. The zero-order valence-corrected chi connectivity index (χ0v) is 14.3. The highest BCUT2D eigenvalue weighted by atomic mass is 16.3. The number of benzene rings is 1. The normalized spacial score (nSPS) is 19.1. The van der Waals surface area contributed by atoms with Crippen molar-refractivity contribution in [3.05, 3.63) is 30.2 Å². The summed E-state index contributed by atoms with van der Waals surface area (Å²) in [5, 5.41) is 2.59. The van der Waals surface area contributed by atoms with Crippen LogP contribution >= 0.6 is 0 Å². The topological polar surface area (TPSA) is 95.8 Å². The summed E-state index contributed by atoms with van der Waals surface area (Å²) >= 11 is 0. The number of hydrogen-bond donors (Lipinski definition) is 1. The number of imide groups is 1. The predicted octanol–water partition coefficient (Wildman–Crippen LogP) is 1.48. The first-order valence-corrected chi connectivity index (χ1v) is 8.83. The van der Waals surface area contributed by atoms with Crippen LogP contribution in [0.5, 0.6) is 0 Å². The third kappa shape index (κ3) is 3.14. The molecule has 0 atom stereocenters. The zero-order valence-electron chi connectivity index (χ0n) is 14.3. The minimum Gasteiger partial charge on any atom is -0.440 e. The molecule has 0 unspecified atom stereocenters. The molecular formula is C18H20N4O4. The van der Waals surface area contributed by atoms with E-state index in [0.717, 1.165) is 28.8 Å². The Morgan fingerprint density at radius 1 is 1.23 bits per heavy atom. The van der Waals surface area contributed by atoms with Gasteiger partial charge in [0.2, 0.25) is 11.8 Å². The van der Waals surface area contributed by atoms with Gasteiger partial charge < -0.3 is 14.6 Å². The summed E-state index contributed by atoms with van der Waals surface area (Å²) in [6.07, 6.45) is 1.73. The predicted molar refractivity (Wildman–Crippen MR) is 92.3 cm³/mol. The van der Waals surface area contributed by atoms with Gasteiger partial charge in [-0.05, 0) is 25.0 Å². The van der Waals surface area contributed by atoms with Crippen LogP contribution in [0.3, 0.4) is 0 Å². The SMILES string of the molecule is O=C(CN1C(=O)CCNC1=O)N1CCC(c2nc3ccccc3o2)CC1. The van der Waals surface area contributed by atoms with Crippen LogP contribution < -0.4 is 5.32 Å². The lowest BCUT2D eigenvalue weighted by atomic mass is 9.96. The Kier molecular flexibility index (Phi) is 4.32. The lowest BCUT2D eigenvalue weighted by molar-refractivity contribution is -0.139. The maximum atomic E-state index is 12.5. The number of rotatable bonds is 3. The number of carbonyl (C=O) groups excluding carboxylic acids is 3.